The lowest BCUT2D eigenvalue weighted by molar-refractivity contribution is -0.142. The second-order valence-corrected chi connectivity index (χ2v) is 17.7. The van der Waals surface area contributed by atoms with Crippen LogP contribution in [-0.2, 0) is 34.3 Å². The Morgan fingerprint density at radius 2 is 1.75 bits per heavy atom. The highest BCUT2D eigenvalue weighted by Crippen LogP contribution is 2.54. The molecule has 2 aromatic carbocycles. The number of hydrogen-bond acceptors (Lipinski definition) is 9. The van der Waals surface area contributed by atoms with Crippen LogP contribution in [0.15, 0.2) is 53.4 Å². The summed E-state index contributed by atoms with van der Waals surface area (Å²) >= 11 is 0. The van der Waals surface area contributed by atoms with Gasteiger partial charge in [-0.15, -0.1) is 0 Å². The van der Waals surface area contributed by atoms with Gasteiger partial charge in [0.15, 0.2) is 15.5 Å². The van der Waals surface area contributed by atoms with E-state index < -0.39 is 21.6 Å². The van der Waals surface area contributed by atoms with Crippen LogP contribution in [0.1, 0.15) is 50.5 Å². The van der Waals surface area contributed by atoms with Gasteiger partial charge in [0.2, 0.25) is 0 Å². The number of nitrogens with zero attached hydrogens (tertiary/aromatic N) is 3. The number of alkyl halides is 1. The van der Waals surface area contributed by atoms with Crippen LogP contribution in [0, 0.1) is 23.6 Å². The topological polar surface area (TPSA) is 88.6 Å². The highest BCUT2D eigenvalue weighted by atomic mass is 32.2. The molecule has 5 fully saturated rings. The fourth-order valence-corrected chi connectivity index (χ4v) is 11.2. The lowest BCUT2D eigenvalue weighted by Gasteiger charge is -2.54. The van der Waals surface area contributed by atoms with Crippen LogP contribution < -0.4 is 4.90 Å². The standard InChI is InChI=1S/C39H53F2N3O6S/c1-48-37(45)21-29-5-2-8-36(29)39(28-42-15-4-16-42,31-6-3-7-32(40)22-31)30-13-17-43(18-14-30)25-38(41)26-44(27-38)33-9-11-35(12-10-33)51(46,47)24-34-23-49-19-20-50-34/h3,6-7,9-12,22,29-30,34,36H,2,4-5,8,13-21,23-28H2,1H3/t29-,34-,36+,39+/m1/s1. The van der Waals surface area contributed by atoms with Crippen molar-refractivity contribution in [3.05, 3.63) is 59.9 Å². The predicted octanol–water partition coefficient (Wildman–Crippen LogP) is 4.88. The molecule has 51 heavy (non-hydrogen) atoms. The molecule has 0 aromatic heterocycles. The third kappa shape index (κ3) is 8.00. The molecule has 2 aromatic rings. The number of sulfone groups is 1. The molecule has 4 heterocycles. The van der Waals surface area contributed by atoms with E-state index in [1.54, 1.807) is 30.3 Å². The first-order valence-corrected chi connectivity index (χ1v) is 20.5. The first-order valence-electron chi connectivity index (χ1n) is 18.8. The van der Waals surface area contributed by atoms with Gasteiger partial charge in [-0.2, -0.15) is 0 Å². The third-order valence-corrected chi connectivity index (χ3v) is 14.2. The average molecular weight is 730 g/mol. The Morgan fingerprint density at radius 3 is 2.39 bits per heavy atom. The van der Waals surface area contributed by atoms with Crippen LogP contribution in [0.4, 0.5) is 14.5 Å². The van der Waals surface area contributed by atoms with Crippen molar-refractivity contribution in [3.63, 3.8) is 0 Å². The highest BCUT2D eigenvalue weighted by molar-refractivity contribution is 7.91. The minimum absolute atomic E-state index is 0.128. The molecule has 5 aliphatic rings. The molecule has 4 saturated heterocycles. The van der Waals surface area contributed by atoms with Gasteiger partial charge in [0, 0.05) is 30.6 Å². The second-order valence-electron chi connectivity index (χ2n) is 15.7. The molecule has 0 amide bonds. The summed E-state index contributed by atoms with van der Waals surface area (Å²) in [7, 11) is -2.08. The first kappa shape index (κ1) is 36.7. The van der Waals surface area contributed by atoms with E-state index >= 15 is 4.39 Å². The Kier molecular flexibility index (Phi) is 11.1. The summed E-state index contributed by atoms with van der Waals surface area (Å²) < 4.78 is 73.0. The number of rotatable bonds is 13. The summed E-state index contributed by atoms with van der Waals surface area (Å²) in [6.07, 6.45) is 5.89. The number of ether oxygens (including phenoxy) is 3. The minimum Gasteiger partial charge on any atom is -0.469 e. The summed E-state index contributed by atoms with van der Waals surface area (Å²) in [6, 6.07) is 13.9. The lowest BCUT2D eigenvalue weighted by atomic mass is 9.56. The van der Waals surface area contributed by atoms with Gasteiger partial charge in [-0.05, 0) is 118 Å². The SMILES string of the molecule is COC(=O)C[C@H]1CCC[C@@H]1[C@](CN1CCC1)(c1cccc(F)c1)C1CCN(CC2(F)CN(c3ccc(S(=O)(=O)C[C@H]4COCCO4)cc3)C2)CC1. The summed E-state index contributed by atoms with van der Waals surface area (Å²) in [4.78, 5) is 19.5. The van der Waals surface area contributed by atoms with Crippen molar-refractivity contribution in [2.45, 2.75) is 67.0 Å². The monoisotopic (exact) mass is 729 g/mol. The molecule has 0 N–H and O–H groups in total. The molecule has 280 valence electrons. The fraction of sp³-hybridized carbons (Fsp3) is 0.667. The number of piperidine rings is 1. The Hall–Kier alpha value is -2.64. The van der Waals surface area contributed by atoms with Crippen LogP contribution in [0.2, 0.25) is 0 Å². The van der Waals surface area contributed by atoms with Gasteiger partial charge in [0.25, 0.3) is 0 Å². The maximum Gasteiger partial charge on any atom is 0.305 e. The van der Waals surface area contributed by atoms with E-state index in [2.05, 4.69) is 15.9 Å². The van der Waals surface area contributed by atoms with Gasteiger partial charge < -0.3 is 24.0 Å². The third-order valence-electron chi connectivity index (χ3n) is 12.4. The van der Waals surface area contributed by atoms with Crippen LogP contribution in [0.5, 0.6) is 0 Å². The van der Waals surface area contributed by atoms with Crippen molar-refractivity contribution < 1.29 is 36.2 Å². The highest BCUT2D eigenvalue weighted by Gasteiger charge is 2.53. The number of benzene rings is 2. The van der Waals surface area contributed by atoms with E-state index in [0.29, 0.717) is 26.2 Å². The van der Waals surface area contributed by atoms with Gasteiger partial charge in [0.05, 0.1) is 56.8 Å². The molecule has 0 spiro atoms. The molecule has 12 heteroatoms. The number of halogens is 2. The van der Waals surface area contributed by atoms with E-state index in [4.69, 9.17) is 14.2 Å². The Morgan fingerprint density at radius 1 is 0.980 bits per heavy atom. The molecule has 4 aliphatic heterocycles. The zero-order valence-corrected chi connectivity index (χ0v) is 30.6. The van der Waals surface area contributed by atoms with Gasteiger partial charge in [-0.3, -0.25) is 9.69 Å². The summed E-state index contributed by atoms with van der Waals surface area (Å²) in [5.41, 5.74) is 0.189. The molecule has 1 aliphatic carbocycles. The van der Waals surface area contributed by atoms with Crippen molar-refractivity contribution in [2.24, 2.45) is 17.8 Å². The van der Waals surface area contributed by atoms with Gasteiger partial charge in [-0.25, -0.2) is 17.2 Å². The van der Waals surface area contributed by atoms with Gasteiger partial charge in [-0.1, -0.05) is 18.6 Å². The van der Waals surface area contributed by atoms with E-state index in [9.17, 15) is 17.6 Å². The normalized spacial score (nSPS) is 27.4. The number of likely N-dealkylation sites (tertiary alicyclic amines) is 2. The van der Waals surface area contributed by atoms with Gasteiger partial charge >= 0.3 is 5.97 Å². The Balaban J connectivity index is 1.01. The molecule has 9 nitrogen and oxygen atoms in total. The number of esters is 1. The van der Waals surface area contributed by atoms with Crippen LogP contribution >= 0.6 is 0 Å². The summed E-state index contributed by atoms with van der Waals surface area (Å²) in [5, 5.41) is 0. The van der Waals surface area contributed by atoms with Crippen molar-refractivity contribution >= 4 is 21.5 Å². The number of hydrogen-bond donors (Lipinski definition) is 0. The predicted molar refractivity (Wildman–Crippen MR) is 191 cm³/mol. The van der Waals surface area contributed by atoms with Crippen LogP contribution in [-0.4, -0.2) is 121 Å². The molecule has 0 bridgehead atoms. The van der Waals surface area contributed by atoms with Gasteiger partial charge in [0.1, 0.15) is 5.82 Å². The number of anilines is 1. The molecular weight excluding hydrogens is 677 g/mol. The largest absolute Gasteiger partial charge is 0.469 e. The maximum absolute atomic E-state index is 16.2. The average Bonchev–Trinajstić information content (AvgIpc) is 3.56. The van der Waals surface area contributed by atoms with Crippen LogP contribution in [0.25, 0.3) is 0 Å². The smallest absolute Gasteiger partial charge is 0.305 e. The number of carbonyl (C=O) groups is 1. The maximum atomic E-state index is 16.2. The summed E-state index contributed by atoms with van der Waals surface area (Å²) in [6.45, 7) is 6.46. The Bertz CT molecular complexity index is 1600. The second kappa shape index (κ2) is 15.4. The van der Waals surface area contributed by atoms with Crippen molar-refractivity contribution in [3.8, 4) is 0 Å². The van der Waals surface area contributed by atoms with Crippen molar-refractivity contribution in [2.75, 3.05) is 89.9 Å². The van der Waals surface area contributed by atoms with Crippen molar-refractivity contribution in [1.29, 1.82) is 0 Å². The minimum atomic E-state index is -3.53. The van der Waals surface area contributed by atoms with E-state index in [0.717, 1.165) is 76.1 Å². The molecular formula is C39H53F2N3O6S. The number of carbonyl (C=O) groups excluding carboxylic acids is 1. The van der Waals surface area contributed by atoms with Crippen molar-refractivity contribution in [1.82, 2.24) is 9.80 Å². The van der Waals surface area contributed by atoms with E-state index in [1.807, 2.05) is 11.0 Å². The van der Waals surface area contributed by atoms with E-state index in [-0.39, 0.29) is 65.3 Å². The quantitative estimate of drug-likeness (QED) is 0.268. The molecule has 7 rings (SSSR count). The number of methoxy groups -OCH3 is 1. The zero-order chi connectivity index (χ0) is 35.6. The molecule has 4 atom stereocenters. The zero-order valence-electron chi connectivity index (χ0n) is 29.8. The van der Waals surface area contributed by atoms with E-state index in [1.165, 1.54) is 19.6 Å². The molecule has 1 saturated carbocycles. The Labute approximate surface area is 301 Å². The summed E-state index contributed by atoms with van der Waals surface area (Å²) in [5.74, 6) is 0.165. The lowest BCUT2D eigenvalue weighted by Crippen LogP contribution is -2.64. The first-order chi connectivity index (χ1) is 24.6. The fourth-order valence-electron chi connectivity index (χ4n) is 9.80. The molecule has 0 unspecified atom stereocenters. The molecule has 0 radical (unpaired) electrons. The van der Waals surface area contributed by atoms with Crippen LogP contribution in [0.3, 0.4) is 0 Å².